The monoisotopic (exact) mass is 447 g/mol. The molecule has 1 aliphatic rings. The Bertz CT molecular complexity index is 1260. The highest BCUT2D eigenvalue weighted by Crippen LogP contribution is 2.24. The Hall–Kier alpha value is -3.52. The van der Waals surface area contributed by atoms with Gasteiger partial charge in [0.1, 0.15) is 11.6 Å². The molecule has 9 heteroatoms. The van der Waals surface area contributed by atoms with Crippen LogP contribution in [-0.4, -0.2) is 35.4 Å². The molecule has 0 fully saturated rings. The van der Waals surface area contributed by atoms with Crippen molar-refractivity contribution in [1.82, 2.24) is 29.5 Å². The van der Waals surface area contributed by atoms with Crippen LogP contribution in [0, 0.1) is 6.92 Å². The van der Waals surface area contributed by atoms with E-state index in [0.29, 0.717) is 16.5 Å². The molecule has 0 radical (unpaired) electrons. The molecule has 32 heavy (non-hydrogen) atoms. The number of aromatic nitrogens is 6. The summed E-state index contributed by atoms with van der Waals surface area (Å²) in [5.41, 5.74) is 2.43. The van der Waals surface area contributed by atoms with Gasteiger partial charge in [0, 0.05) is 29.2 Å². The van der Waals surface area contributed by atoms with Gasteiger partial charge in [-0.25, -0.2) is 9.67 Å². The molecule has 0 saturated heterocycles. The number of hydrogen-bond acceptors (Lipinski definition) is 5. The molecular formula is C23H22ClN7O. The number of benzene rings is 2. The van der Waals surface area contributed by atoms with Crippen LogP contribution < -0.4 is 5.32 Å². The zero-order valence-corrected chi connectivity index (χ0v) is 18.4. The molecule has 0 spiro atoms. The summed E-state index contributed by atoms with van der Waals surface area (Å²) in [7, 11) is 0. The normalized spacial score (nSPS) is 13.4. The molecule has 1 aliphatic heterocycles. The lowest BCUT2D eigenvalue weighted by atomic mass is 10.2. The van der Waals surface area contributed by atoms with Crippen molar-refractivity contribution in [3.8, 4) is 17.1 Å². The first-order valence-corrected chi connectivity index (χ1v) is 11.0. The number of carbonyl (C=O) groups is 1. The van der Waals surface area contributed by atoms with Crippen LogP contribution in [0.1, 0.15) is 41.5 Å². The number of nitrogens with zero attached hydrogens (tertiary/aromatic N) is 6. The molecule has 1 N–H and O–H groups in total. The summed E-state index contributed by atoms with van der Waals surface area (Å²) in [5.74, 6) is 2.26. The number of hydrogen-bond donors (Lipinski definition) is 1. The highest BCUT2D eigenvalue weighted by atomic mass is 35.5. The number of carbonyl (C=O) groups excluding carboxylic acids is 1. The van der Waals surface area contributed by atoms with Gasteiger partial charge in [-0.1, -0.05) is 18.0 Å². The van der Waals surface area contributed by atoms with Crippen molar-refractivity contribution >= 4 is 23.2 Å². The standard InChI is InChI=1S/C23H22ClN7O/c1-15-25-21(29-31(15)19-12-8-17(24)9-13-19)23(32)26-18-10-6-16(7-11-18)22-28-27-20-5-3-2-4-14-30(20)22/h6-13H,2-5,14H2,1H3,(H,26,32). The van der Waals surface area contributed by atoms with Gasteiger partial charge >= 0.3 is 0 Å². The van der Waals surface area contributed by atoms with Gasteiger partial charge in [-0.3, -0.25) is 4.79 Å². The van der Waals surface area contributed by atoms with E-state index in [1.807, 2.05) is 36.4 Å². The molecule has 5 rings (SSSR count). The summed E-state index contributed by atoms with van der Waals surface area (Å²) in [6, 6.07) is 14.8. The first kappa shape index (κ1) is 20.4. The third-order valence-corrected chi connectivity index (χ3v) is 5.81. The Labute approximate surface area is 190 Å². The van der Waals surface area contributed by atoms with Crippen LogP contribution in [0.5, 0.6) is 0 Å². The van der Waals surface area contributed by atoms with Gasteiger partial charge < -0.3 is 9.88 Å². The first-order chi connectivity index (χ1) is 15.6. The van der Waals surface area contributed by atoms with E-state index in [1.54, 1.807) is 23.7 Å². The van der Waals surface area contributed by atoms with E-state index < -0.39 is 0 Å². The predicted octanol–water partition coefficient (Wildman–Crippen LogP) is 4.47. The fraction of sp³-hybridized carbons (Fsp3) is 0.261. The quantitative estimate of drug-likeness (QED) is 0.498. The Kier molecular flexibility index (Phi) is 5.45. The smallest absolute Gasteiger partial charge is 0.295 e. The van der Waals surface area contributed by atoms with Gasteiger partial charge in [0.05, 0.1) is 5.69 Å². The Balaban J connectivity index is 1.32. The summed E-state index contributed by atoms with van der Waals surface area (Å²) in [6.45, 7) is 2.74. The number of rotatable bonds is 4. The number of amides is 1. The Morgan fingerprint density at radius 3 is 2.56 bits per heavy atom. The number of nitrogens with one attached hydrogen (secondary N) is 1. The molecule has 3 heterocycles. The van der Waals surface area contributed by atoms with E-state index in [1.165, 1.54) is 6.42 Å². The maximum Gasteiger partial charge on any atom is 0.295 e. The van der Waals surface area contributed by atoms with E-state index in [2.05, 4.69) is 30.2 Å². The SMILES string of the molecule is Cc1nc(C(=O)Nc2ccc(-c3nnc4n3CCCCC4)cc2)nn1-c1ccc(Cl)cc1. The molecule has 0 atom stereocenters. The molecule has 8 nitrogen and oxygen atoms in total. The first-order valence-electron chi connectivity index (χ1n) is 10.6. The van der Waals surface area contributed by atoms with Crippen molar-refractivity contribution < 1.29 is 4.79 Å². The molecule has 4 aromatic rings. The minimum Gasteiger partial charge on any atom is -0.319 e. The third-order valence-electron chi connectivity index (χ3n) is 5.55. The second-order valence-electron chi connectivity index (χ2n) is 7.80. The van der Waals surface area contributed by atoms with Crippen LogP contribution in [0.3, 0.4) is 0 Å². The van der Waals surface area contributed by atoms with E-state index in [-0.39, 0.29) is 11.7 Å². The lowest BCUT2D eigenvalue weighted by molar-refractivity contribution is 0.101. The molecule has 0 saturated carbocycles. The lowest BCUT2D eigenvalue weighted by Crippen LogP contribution is -2.14. The van der Waals surface area contributed by atoms with Crippen LogP contribution >= 0.6 is 11.6 Å². The zero-order valence-electron chi connectivity index (χ0n) is 17.6. The number of anilines is 1. The van der Waals surface area contributed by atoms with Crippen LogP contribution in [0.2, 0.25) is 5.02 Å². The largest absolute Gasteiger partial charge is 0.319 e. The van der Waals surface area contributed by atoms with Gasteiger partial charge in [0.15, 0.2) is 5.82 Å². The van der Waals surface area contributed by atoms with Gasteiger partial charge in [0.2, 0.25) is 5.82 Å². The van der Waals surface area contributed by atoms with Crippen LogP contribution in [-0.2, 0) is 13.0 Å². The molecule has 0 unspecified atom stereocenters. The summed E-state index contributed by atoms with van der Waals surface area (Å²) < 4.78 is 3.82. The minimum absolute atomic E-state index is 0.101. The van der Waals surface area contributed by atoms with Crippen molar-refractivity contribution in [1.29, 1.82) is 0 Å². The topological polar surface area (TPSA) is 90.5 Å². The maximum absolute atomic E-state index is 12.7. The lowest BCUT2D eigenvalue weighted by Gasteiger charge is -2.08. The van der Waals surface area contributed by atoms with Crippen LogP contribution in [0.15, 0.2) is 48.5 Å². The number of fused-ring (bicyclic) bond motifs is 1. The van der Waals surface area contributed by atoms with Crippen molar-refractivity contribution in [2.24, 2.45) is 0 Å². The highest BCUT2D eigenvalue weighted by Gasteiger charge is 2.18. The van der Waals surface area contributed by atoms with Crippen LogP contribution in [0.25, 0.3) is 17.1 Å². The van der Waals surface area contributed by atoms with Crippen molar-refractivity contribution in [2.45, 2.75) is 39.2 Å². The molecule has 2 aromatic carbocycles. The number of halogens is 1. The molecule has 0 aliphatic carbocycles. The predicted molar refractivity (Wildman–Crippen MR) is 122 cm³/mol. The maximum atomic E-state index is 12.7. The number of aryl methyl sites for hydroxylation is 2. The third kappa shape index (κ3) is 4.01. The fourth-order valence-corrected chi connectivity index (χ4v) is 4.03. The Morgan fingerprint density at radius 2 is 1.78 bits per heavy atom. The van der Waals surface area contributed by atoms with E-state index in [9.17, 15) is 4.79 Å². The molecule has 0 bridgehead atoms. The van der Waals surface area contributed by atoms with Crippen molar-refractivity contribution in [3.05, 3.63) is 71.0 Å². The van der Waals surface area contributed by atoms with E-state index >= 15 is 0 Å². The second kappa shape index (κ2) is 8.55. The van der Waals surface area contributed by atoms with Gasteiger partial charge in [-0.05, 0) is 68.3 Å². The summed E-state index contributed by atoms with van der Waals surface area (Å²) in [4.78, 5) is 17.0. The van der Waals surface area contributed by atoms with Crippen molar-refractivity contribution in [2.75, 3.05) is 5.32 Å². The van der Waals surface area contributed by atoms with E-state index in [0.717, 1.165) is 48.7 Å². The average Bonchev–Trinajstić information content (AvgIpc) is 3.30. The molecule has 2 aromatic heterocycles. The summed E-state index contributed by atoms with van der Waals surface area (Å²) in [5, 5.41) is 16.6. The summed E-state index contributed by atoms with van der Waals surface area (Å²) in [6.07, 6.45) is 4.48. The minimum atomic E-state index is -0.370. The van der Waals surface area contributed by atoms with Gasteiger partial charge in [-0.2, -0.15) is 0 Å². The molecule has 1 amide bonds. The van der Waals surface area contributed by atoms with Gasteiger partial charge in [-0.15, -0.1) is 15.3 Å². The zero-order chi connectivity index (χ0) is 22.1. The Morgan fingerprint density at radius 1 is 1.00 bits per heavy atom. The summed E-state index contributed by atoms with van der Waals surface area (Å²) >= 11 is 5.95. The average molecular weight is 448 g/mol. The van der Waals surface area contributed by atoms with Crippen LogP contribution in [0.4, 0.5) is 5.69 Å². The highest BCUT2D eigenvalue weighted by molar-refractivity contribution is 6.30. The molecular weight excluding hydrogens is 426 g/mol. The van der Waals surface area contributed by atoms with Crippen molar-refractivity contribution in [3.63, 3.8) is 0 Å². The van der Waals surface area contributed by atoms with Gasteiger partial charge in [0.25, 0.3) is 5.91 Å². The molecule has 162 valence electrons. The van der Waals surface area contributed by atoms with E-state index in [4.69, 9.17) is 11.6 Å². The fourth-order valence-electron chi connectivity index (χ4n) is 3.90. The second-order valence-corrected chi connectivity index (χ2v) is 8.24.